The molecule has 17 heavy (non-hydrogen) atoms. The topological polar surface area (TPSA) is 34.1 Å². The van der Waals surface area contributed by atoms with Crippen molar-refractivity contribution < 1.29 is 9.59 Å². The van der Waals surface area contributed by atoms with Crippen LogP contribution < -0.4 is 0 Å². The number of aldehydes is 2. The maximum atomic E-state index is 9.75. The van der Waals surface area contributed by atoms with E-state index in [-0.39, 0.29) is 0 Å². The molecule has 0 aliphatic heterocycles. The molecular weight excluding hydrogens is 212 g/mol. The van der Waals surface area contributed by atoms with Gasteiger partial charge >= 0.3 is 0 Å². The zero-order valence-corrected chi connectivity index (χ0v) is 11.2. The Hall–Kier alpha value is -1.18. The standard InChI is InChI=1S/C8H14O.C7H12O/c1-2-3-4-5-6-7-8-9;1-2-3-4-5-6-7-8/h6-8H,2-5H2,1H3;5-7H,2-4H2,1H3/b7-6+;6-5+. The van der Waals surface area contributed by atoms with Crippen molar-refractivity contribution in [3.05, 3.63) is 24.3 Å². The quantitative estimate of drug-likeness (QED) is 0.342. The van der Waals surface area contributed by atoms with Gasteiger partial charge in [0, 0.05) is 0 Å². The van der Waals surface area contributed by atoms with E-state index in [1.54, 1.807) is 12.2 Å². The molecule has 0 N–H and O–H groups in total. The summed E-state index contributed by atoms with van der Waals surface area (Å²) in [5.74, 6) is 0. The fraction of sp³-hybridized carbons (Fsp3) is 0.600. The van der Waals surface area contributed by atoms with Crippen LogP contribution in [0.4, 0.5) is 0 Å². The first-order chi connectivity index (χ1) is 8.33. The van der Waals surface area contributed by atoms with Crippen LogP contribution in [0.2, 0.25) is 0 Å². The molecule has 0 fully saturated rings. The number of hydrogen-bond acceptors (Lipinski definition) is 2. The Kier molecular flexibility index (Phi) is 21.7. The van der Waals surface area contributed by atoms with Crippen molar-refractivity contribution in [3.63, 3.8) is 0 Å². The van der Waals surface area contributed by atoms with E-state index in [1.165, 1.54) is 32.1 Å². The maximum Gasteiger partial charge on any atom is 0.142 e. The van der Waals surface area contributed by atoms with Crippen molar-refractivity contribution in [2.45, 2.75) is 58.8 Å². The molecule has 0 atom stereocenters. The van der Waals surface area contributed by atoms with Gasteiger partial charge in [-0.15, -0.1) is 0 Å². The van der Waals surface area contributed by atoms with E-state index in [0.717, 1.165) is 25.4 Å². The van der Waals surface area contributed by atoms with E-state index in [0.29, 0.717) is 0 Å². The van der Waals surface area contributed by atoms with Crippen molar-refractivity contribution in [3.8, 4) is 0 Å². The highest BCUT2D eigenvalue weighted by atomic mass is 16.1. The van der Waals surface area contributed by atoms with Crippen LogP contribution in [-0.4, -0.2) is 12.6 Å². The van der Waals surface area contributed by atoms with Gasteiger partial charge in [0.05, 0.1) is 0 Å². The first-order valence-electron chi connectivity index (χ1n) is 6.54. The van der Waals surface area contributed by atoms with Gasteiger partial charge in [0.15, 0.2) is 0 Å². The third kappa shape index (κ3) is 25.3. The Bertz CT molecular complexity index is 205. The van der Waals surface area contributed by atoms with E-state index in [2.05, 4.69) is 13.8 Å². The molecule has 0 unspecified atom stereocenters. The summed E-state index contributed by atoms with van der Waals surface area (Å²) in [7, 11) is 0. The number of carbonyl (C=O) groups is 2. The predicted octanol–water partition coefficient (Wildman–Crippen LogP) is 4.25. The average Bonchev–Trinajstić information content (AvgIpc) is 2.36. The smallest absolute Gasteiger partial charge is 0.142 e. The minimum atomic E-state index is 0.815. The van der Waals surface area contributed by atoms with E-state index in [1.807, 2.05) is 12.2 Å². The van der Waals surface area contributed by atoms with Gasteiger partial charge in [-0.2, -0.15) is 0 Å². The van der Waals surface area contributed by atoms with Crippen molar-refractivity contribution in [1.29, 1.82) is 0 Å². The Morgan fingerprint density at radius 3 is 1.59 bits per heavy atom. The first-order valence-corrected chi connectivity index (χ1v) is 6.54. The largest absolute Gasteiger partial charge is 0.299 e. The summed E-state index contributed by atoms with van der Waals surface area (Å²) in [5.41, 5.74) is 0. The molecule has 0 saturated heterocycles. The molecule has 2 heteroatoms. The molecule has 0 aromatic carbocycles. The molecule has 0 bridgehead atoms. The molecule has 2 nitrogen and oxygen atoms in total. The number of hydrogen-bond donors (Lipinski definition) is 0. The molecule has 98 valence electrons. The van der Waals surface area contributed by atoms with Crippen LogP contribution in [0.15, 0.2) is 24.3 Å². The highest BCUT2D eigenvalue weighted by molar-refractivity contribution is 5.64. The van der Waals surface area contributed by atoms with Crippen LogP contribution in [0.25, 0.3) is 0 Å². The van der Waals surface area contributed by atoms with Gasteiger partial charge in [-0.25, -0.2) is 0 Å². The fourth-order valence-corrected chi connectivity index (χ4v) is 1.14. The normalized spacial score (nSPS) is 10.2. The average molecular weight is 238 g/mol. The maximum absolute atomic E-state index is 9.75. The minimum absolute atomic E-state index is 0.815. The van der Waals surface area contributed by atoms with Gasteiger partial charge in [-0.1, -0.05) is 51.7 Å². The SMILES string of the molecule is CCCC/C=C/C=O.CCCCC/C=C/C=O. The highest BCUT2D eigenvalue weighted by Gasteiger charge is 1.79. The van der Waals surface area contributed by atoms with Gasteiger partial charge < -0.3 is 0 Å². The molecule has 0 spiro atoms. The molecular formula is C15H26O2. The minimum Gasteiger partial charge on any atom is -0.299 e. The highest BCUT2D eigenvalue weighted by Crippen LogP contribution is 1.98. The fourth-order valence-electron chi connectivity index (χ4n) is 1.14. The molecule has 0 aliphatic carbocycles. The summed E-state index contributed by atoms with van der Waals surface area (Å²) in [4.78, 5) is 19.4. The molecule has 0 radical (unpaired) electrons. The second kappa shape index (κ2) is 20.3. The predicted molar refractivity (Wildman–Crippen MR) is 74.1 cm³/mol. The van der Waals surface area contributed by atoms with Crippen LogP contribution in [-0.2, 0) is 9.59 Å². The molecule has 0 amide bonds. The monoisotopic (exact) mass is 238 g/mol. The van der Waals surface area contributed by atoms with Gasteiger partial charge in [0.2, 0.25) is 0 Å². The molecule has 0 heterocycles. The van der Waals surface area contributed by atoms with E-state index in [4.69, 9.17) is 0 Å². The van der Waals surface area contributed by atoms with Crippen molar-refractivity contribution in [2.75, 3.05) is 0 Å². The summed E-state index contributed by atoms with van der Waals surface area (Å²) in [6.07, 6.45) is 16.8. The zero-order valence-electron chi connectivity index (χ0n) is 11.2. The van der Waals surface area contributed by atoms with E-state index >= 15 is 0 Å². The molecule has 0 saturated carbocycles. The molecule has 0 aromatic rings. The second-order valence-electron chi connectivity index (χ2n) is 3.77. The van der Waals surface area contributed by atoms with Crippen LogP contribution in [0.3, 0.4) is 0 Å². The van der Waals surface area contributed by atoms with Crippen molar-refractivity contribution in [2.24, 2.45) is 0 Å². The van der Waals surface area contributed by atoms with Crippen LogP contribution in [0.5, 0.6) is 0 Å². The molecule has 0 aromatic heterocycles. The summed E-state index contributed by atoms with van der Waals surface area (Å²) in [6.45, 7) is 4.30. The van der Waals surface area contributed by atoms with E-state index in [9.17, 15) is 9.59 Å². The number of carbonyl (C=O) groups excluding carboxylic acids is 2. The lowest BCUT2D eigenvalue weighted by Gasteiger charge is -1.88. The van der Waals surface area contributed by atoms with Gasteiger partial charge in [-0.05, 0) is 31.4 Å². The van der Waals surface area contributed by atoms with Crippen LogP contribution in [0.1, 0.15) is 58.8 Å². The lowest BCUT2D eigenvalue weighted by Crippen LogP contribution is -1.70. The third-order valence-electron chi connectivity index (χ3n) is 2.13. The van der Waals surface area contributed by atoms with Crippen LogP contribution in [0, 0.1) is 0 Å². The lowest BCUT2D eigenvalue weighted by molar-refractivity contribution is -0.104. The summed E-state index contributed by atoms with van der Waals surface area (Å²) < 4.78 is 0. The Labute approximate surface area is 106 Å². The van der Waals surface area contributed by atoms with Gasteiger partial charge in [-0.3, -0.25) is 9.59 Å². The summed E-state index contributed by atoms with van der Waals surface area (Å²) in [5, 5.41) is 0. The van der Waals surface area contributed by atoms with Crippen molar-refractivity contribution in [1.82, 2.24) is 0 Å². The summed E-state index contributed by atoms with van der Waals surface area (Å²) in [6, 6.07) is 0. The lowest BCUT2D eigenvalue weighted by atomic mass is 10.2. The van der Waals surface area contributed by atoms with E-state index < -0.39 is 0 Å². The Morgan fingerprint density at radius 2 is 1.18 bits per heavy atom. The van der Waals surface area contributed by atoms with Crippen molar-refractivity contribution >= 4 is 12.6 Å². The number of unbranched alkanes of at least 4 members (excludes halogenated alkanes) is 5. The zero-order chi connectivity index (χ0) is 13.2. The molecule has 0 aliphatic rings. The number of allylic oxidation sites excluding steroid dienone is 4. The van der Waals surface area contributed by atoms with Crippen LogP contribution >= 0.6 is 0 Å². The second-order valence-corrected chi connectivity index (χ2v) is 3.77. The Morgan fingerprint density at radius 1 is 0.706 bits per heavy atom. The Balaban J connectivity index is 0. The van der Waals surface area contributed by atoms with Gasteiger partial charge in [0.1, 0.15) is 12.6 Å². The first kappa shape index (κ1) is 18.2. The third-order valence-corrected chi connectivity index (χ3v) is 2.13. The molecule has 0 rings (SSSR count). The number of rotatable bonds is 9. The van der Waals surface area contributed by atoms with Gasteiger partial charge in [0.25, 0.3) is 0 Å². The summed E-state index contributed by atoms with van der Waals surface area (Å²) >= 11 is 0.